The van der Waals surface area contributed by atoms with E-state index in [-0.39, 0.29) is 12.5 Å². The zero-order valence-corrected chi connectivity index (χ0v) is 15.1. The van der Waals surface area contributed by atoms with Crippen molar-refractivity contribution in [2.45, 2.75) is 44.4 Å². The van der Waals surface area contributed by atoms with Crippen LogP contribution in [0.4, 0.5) is 0 Å². The minimum atomic E-state index is 0.111. The van der Waals surface area contributed by atoms with Crippen LogP contribution in [-0.4, -0.2) is 55.5 Å². The van der Waals surface area contributed by atoms with Crippen molar-refractivity contribution in [3.8, 4) is 0 Å². The van der Waals surface area contributed by atoms with Gasteiger partial charge in [0.1, 0.15) is 6.61 Å². The van der Waals surface area contributed by atoms with E-state index in [0.717, 1.165) is 36.3 Å². The van der Waals surface area contributed by atoms with Crippen LogP contribution in [0.25, 0.3) is 0 Å². The summed E-state index contributed by atoms with van der Waals surface area (Å²) in [6, 6.07) is 11.1. The third kappa shape index (κ3) is 3.98. The topological polar surface area (TPSA) is 32.8 Å². The minimum absolute atomic E-state index is 0.111. The van der Waals surface area contributed by atoms with E-state index in [1.165, 1.54) is 12.8 Å². The van der Waals surface area contributed by atoms with Gasteiger partial charge in [-0.1, -0.05) is 30.3 Å². The number of likely N-dealkylation sites (N-methyl/N-ethyl adjacent to an activating group) is 1. The van der Waals surface area contributed by atoms with Crippen molar-refractivity contribution in [3.63, 3.8) is 0 Å². The van der Waals surface area contributed by atoms with Gasteiger partial charge < -0.3 is 14.5 Å². The Hall–Kier alpha value is -1.39. The SMILES string of the molecule is CN(C)C1C[C@@H]2CC(N(C)C(=O)COCc3ccccc3)C[C@@H]2C1. The van der Waals surface area contributed by atoms with Gasteiger partial charge in [-0.2, -0.15) is 0 Å². The van der Waals surface area contributed by atoms with Gasteiger partial charge >= 0.3 is 0 Å². The summed E-state index contributed by atoms with van der Waals surface area (Å²) in [5.74, 6) is 1.70. The first-order chi connectivity index (χ1) is 11.5. The molecule has 0 bridgehead atoms. The van der Waals surface area contributed by atoms with Gasteiger partial charge in [0.15, 0.2) is 0 Å². The fourth-order valence-electron chi connectivity index (χ4n) is 4.43. The molecule has 4 nitrogen and oxygen atoms in total. The zero-order chi connectivity index (χ0) is 17.1. The standard InChI is InChI=1S/C20H30N2O2/c1-21(2)18-9-16-11-19(12-17(16)10-18)22(3)20(23)14-24-13-15-7-5-4-6-8-15/h4-8,16-19H,9-14H2,1-3H3/t16-,17+,18?,19?. The molecule has 2 fully saturated rings. The lowest BCUT2D eigenvalue weighted by Crippen LogP contribution is -2.38. The fourth-order valence-corrected chi connectivity index (χ4v) is 4.43. The summed E-state index contributed by atoms with van der Waals surface area (Å²) in [5.41, 5.74) is 1.11. The van der Waals surface area contributed by atoms with Crippen LogP contribution in [0.1, 0.15) is 31.2 Å². The van der Waals surface area contributed by atoms with Crippen molar-refractivity contribution in [1.29, 1.82) is 0 Å². The van der Waals surface area contributed by atoms with Crippen LogP contribution in [0, 0.1) is 11.8 Å². The maximum absolute atomic E-state index is 12.4. The maximum Gasteiger partial charge on any atom is 0.248 e. The highest BCUT2D eigenvalue weighted by atomic mass is 16.5. The van der Waals surface area contributed by atoms with Crippen molar-refractivity contribution < 1.29 is 9.53 Å². The van der Waals surface area contributed by atoms with Crippen molar-refractivity contribution in [3.05, 3.63) is 35.9 Å². The molecule has 1 amide bonds. The first kappa shape index (κ1) is 17.4. The molecule has 4 heteroatoms. The highest BCUT2D eigenvalue weighted by molar-refractivity contribution is 5.77. The van der Waals surface area contributed by atoms with Crippen LogP contribution in [0.3, 0.4) is 0 Å². The highest BCUT2D eigenvalue weighted by Gasteiger charge is 2.43. The summed E-state index contributed by atoms with van der Waals surface area (Å²) in [7, 11) is 6.31. The molecule has 0 saturated heterocycles. The molecule has 4 atom stereocenters. The molecule has 3 rings (SSSR count). The van der Waals surface area contributed by atoms with Crippen molar-refractivity contribution >= 4 is 5.91 Å². The summed E-state index contributed by atoms with van der Waals surface area (Å²) in [6.45, 7) is 0.679. The number of rotatable bonds is 6. The fraction of sp³-hybridized carbons (Fsp3) is 0.650. The monoisotopic (exact) mass is 330 g/mol. The Kier molecular flexibility index (Phi) is 5.57. The number of fused-ring (bicyclic) bond motifs is 1. The first-order valence-electron chi connectivity index (χ1n) is 9.08. The molecule has 0 heterocycles. The van der Waals surface area contributed by atoms with E-state index < -0.39 is 0 Å². The maximum atomic E-state index is 12.4. The Morgan fingerprint density at radius 1 is 1.00 bits per heavy atom. The predicted octanol–water partition coefficient (Wildman–Crippen LogP) is 2.78. The van der Waals surface area contributed by atoms with Crippen molar-refractivity contribution in [1.82, 2.24) is 9.80 Å². The molecular weight excluding hydrogens is 300 g/mol. The number of nitrogens with zero attached hydrogens (tertiary/aromatic N) is 2. The third-order valence-electron chi connectivity index (χ3n) is 5.97. The van der Waals surface area contributed by atoms with Gasteiger partial charge in [-0.25, -0.2) is 0 Å². The molecule has 1 aromatic rings. The summed E-state index contributed by atoms with van der Waals surface area (Å²) >= 11 is 0. The lowest BCUT2D eigenvalue weighted by molar-refractivity contribution is -0.137. The van der Waals surface area contributed by atoms with Gasteiger partial charge in [-0.05, 0) is 57.2 Å². The summed E-state index contributed by atoms with van der Waals surface area (Å²) < 4.78 is 5.61. The first-order valence-corrected chi connectivity index (χ1v) is 9.08. The Balaban J connectivity index is 1.42. The molecular formula is C20H30N2O2. The quantitative estimate of drug-likeness (QED) is 0.804. The molecule has 2 unspecified atom stereocenters. The number of hydrogen-bond acceptors (Lipinski definition) is 3. The summed E-state index contributed by atoms with van der Waals surface area (Å²) in [6.07, 6.45) is 4.91. The molecule has 0 aliphatic heterocycles. The Bertz CT molecular complexity index is 532. The number of carbonyl (C=O) groups is 1. The lowest BCUT2D eigenvalue weighted by atomic mass is 10.0. The molecule has 2 saturated carbocycles. The molecule has 0 spiro atoms. The van der Waals surface area contributed by atoms with E-state index in [1.807, 2.05) is 42.3 Å². The minimum Gasteiger partial charge on any atom is -0.367 e. The van der Waals surface area contributed by atoms with Gasteiger partial charge in [0.25, 0.3) is 0 Å². The Morgan fingerprint density at radius 2 is 1.58 bits per heavy atom. The normalized spacial score (nSPS) is 29.0. The van der Waals surface area contributed by atoms with Crippen molar-refractivity contribution in [2.75, 3.05) is 27.7 Å². The second-order valence-electron chi connectivity index (χ2n) is 7.72. The number of carbonyl (C=O) groups excluding carboxylic acids is 1. The largest absolute Gasteiger partial charge is 0.367 e. The summed E-state index contributed by atoms with van der Waals surface area (Å²) in [4.78, 5) is 16.7. The number of hydrogen-bond donors (Lipinski definition) is 0. The third-order valence-corrected chi connectivity index (χ3v) is 5.97. The van der Waals surface area contributed by atoms with E-state index in [1.54, 1.807) is 0 Å². The van der Waals surface area contributed by atoms with Crippen molar-refractivity contribution in [2.24, 2.45) is 11.8 Å². The molecule has 24 heavy (non-hydrogen) atoms. The summed E-state index contributed by atoms with van der Waals surface area (Å²) in [5, 5.41) is 0. The smallest absolute Gasteiger partial charge is 0.248 e. The lowest BCUT2D eigenvalue weighted by Gasteiger charge is -2.27. The second-order valence-corrected chi connectivity index (χ2v) is 7.72. The van der Waals surface area contributed by atoms with Gasteiger partial charge in [0.2, 0.25) is 5.91 Å². The molecule has 132 valence electrons. The van der Waals surface area contributed by atoms with Crippen LogP contribution in [0.5, 0.6) is 0 Å². The van der Waals surface area contributed by atoms with Crippen LogP contribution in [-0.2, 0) is 16.1 Å². The zero-order valence-electron chi connectivity index (χ0n) is 15.1. The van der Waals surface area contributed by atoms with Crippen LogP contribution < -0.4 is 0 Å². The predicted molar refractivity (Wildman–Crippen MR) is 95.6 cm³/mol. The van der Waals surface area contributed by atoms with Crippen LogP contribution in [0.2, 0.25) is 0 Å². The Morgan fingerprint density at radius 3 is 2.17 bits per heavy atom. The average Bonchev–Trinajstić information content (AvgIpc) is 3.14. The molecule has 2 aliphatic carbocycles. The van der Waals surface area contributed by atoms with E-state index in [2.05, 4.69) is 19.0 Å². The molecule has 0 aromatic heterocycles. The van der Waals surface area contributed by atoms with Gasteiger partial charge in [0, 0.05) is 19.1 Å². The molecule has 1 aromatic carbocycles. The number of amides is 1. The van der Waals surface area contributed by atoms with Gasteiger partial charge in [-0.3, -0.25) is 4.79 Å². The molecule has 0 radical (unpaired) electrons. The number of benzene rings is 1. The number of ether oxygens (including phenoxy) is 1. The van der Waals surface area contributed by atoms with Crippen LogP contribution in [0.15, 0.2) is 30.3 Å². The van der Waals surface area contributed by atoms with E-state index >= 15 is 0 Å². The average molecular weight is 330 g/mol. The van der Waals surface area contributed by atoms with E-state index in [0.29, 0.717) is 12.6 Å². The molecule has 2 aliphatic rings. The van der Waals surface area contributed by atoms with Gasteiger partial charge in [0.05, 0.1) is 6.61 Å². The van der Waals surface area contributed by atoms with E-state index in [4.69, 9.17) is 4.74 Å². The van der Waals surface area contributed by atoms with Crippen LogP contribution >= 0.6 is 0 Å². The molecule has 0 N–H and O–H groups in total. The second kappa shape index (κ2) is 7.66. The van der Waals surface area contributed by atoms with E-state index in [9.17, 15) is 4.79 Å². The van der Waals surface area contributed by atoms with Gasteiger partial charge in [-0.15, -0.1) is 0 Å². The highest BCUT2D eigenvalue weighted by Crippen LogP contribution is 2.46. The Labute approximate surface area is 145 Å².